The molecule has 1 saturated carbocycles. The van der Waals surface area contributed by atoms with Crippen LogP contribution >= 0.6 is 0 Å². The number of nitrogens with one attached hydrogen (secondary N) is 1. The van der Waals surface area contributed by atoms with Crippen LogP contribution in [0.3, 0.4) is 0 Å². The van der Waals surface area contributed by atoms with Gasteiger partial charge in [0.2, 0.25) is 0 Å². The number of aromatic nitrogens is 3. The SMILES string of the molecule is Cc1c(C(=O)N[C@@H]2CCC[C@@H]2n2ccnc2)ccn1Cc1ccccc1. The van der Waals surface area contributed by atoms with Crippen LogP contribution in [0.1, 0.15) is 46.9 Å². The van der Waals surface area contributed by atoms with E-state index < -0.39 is 0 Å². The van der Waals surface area contributed by atoms with Gasteiger partial charge in [-0.25, -0.2) is 4.98 Å². The van der Waals surface area contributed by atoms with Crippen molar-refractivity contribution in [3.63, 3.8) is 0 Å². The highest BCUT2D eigenvalue weighted by molar-refractivity contribution is 5.95. The Bertz CT molecular complexity index is 867. The Hall–Kier alpha value is -2.82. The molecule has 0 bridgehead atoms. The van der Waals surface area contributed by atoms with E-state index in [-0.39, 0.29) is 11.9 Å². The second-order valence-electron chi connectivity index (χ2n) is 7.02. The van der Waals surface area contributed by atoms with Gasteiger partial charge in [-0.3, -0.25) is 4.79 Å². The molecule has 0 unspecified atom stereocenters. The van der Waals surface area contributed by atoms with E-state index in [0.717, 1.165) is 37.1 Å². The van der Waals surface area contributed by atoms with Gasteiger partial charge in [-0.15, -0.1) is 0 Å². The van der Waals surface area contributed by atoms with Crippen molar-refractivity contribution >= 4 is 5.91 Å². The quantitative estimate of drug-likeness (QED) is 0.766. The molecule has 1 fully saturated rings. The van der Waals surface area contributed by atoms with Crippen molar-refractivity contribution in [3.05, 3.63) is 78.1 Å². The maximum atomic E-state index is 12.9. The first-order valence-electron chi connectivity index (χ1n) is 9.20. The molecule has 1 aromatic carbocycles. The van der Waals surface area contributed by atoms with Crippen LogP contribution in [0, 0.1) is 6.92 Å². The van der Waals surface area contributed by atoms with E-state index in [1.807, 2.05) is 49.9 Å². The van der Waals surface area contributed by atoms with E-state index in [9.17, 15) is 4.79 Å². The second kappa shape index (κ2) is 7.20. The Morgan fingerprint density at radius 2 is 2.04 bits per heavy atom. The molecule has 0 radical (unpaired) electrons. The van der Waals surface area contributed by atoms with Crippen molar-refractivity contribution in [1.82, 2.24) is 19.4 Å². The third-order valence-electron chi connectivity index (χ3n) is 5.39. The van der Waals surface area contributed by atoms with E-state index in [4.69, 9.17) is 0 Å². The van der Waals surface area contributed by atoms with Crippen LogP contribution in [0.5, 0.6) is 0 Å². The van der Waals surface area contributed by atoms with E-state index in [0.29, 0.717) is 6.04 Å². The number of carbonyl (C=O) groups is 1. The Morgan fingerprint density at radius 1 is 1.19 bits per heavy atom. The molecule has 2 atom stereocenters. The molecule has 5 nitrogen and oxygen atoms in total. The summed E-state index contributed by atoms with van der Waals surface area (Å²) in [6.45, 7) is 2.79. The van der Waals surface area contributed by atoms with Gasteiger partial charge in [0.15, 0.2) is 0 Å². The zero-order chi connectivity index (χ0) is 17.9. The zero-order valence-corrected chi connectivity index (χ0v) is 15.0. The molecule has 1 amide bonds. The Morgan fingerprint density at radius 3 is 2.81 bits per heavy atom. The van der Waals surface area contributed by atoms with Gasteiger partial charge in [0, 0.05) is 36.9 Å². The third kappa shape index (κ3) is 3.29. The molecule has 0 aliphatic heterocycles. The number of carbonyl (C=O) groups excluding carboxylic acids is 1. The predicted molar refractivity (Wildman–Crippen MR) is 101 cm³/mol. The Kier molecular flexibility index (Phi) is 4.61. The minimum absolute atomic E-state index is 0.0197. The van der Waals surface area contributed by atoms with Crippen molar-refractivity contribution < 1.29 is 4.79 Å². The van der Waals surface area contributed by atoms with Crippen LogP contribution in [0.15, 0.2) is 61.3 Å². The fourth-order valence-electron chi connectivity index (χ4n) is 3.92. The van der Waals surface area contributed by atoms with E-state index in [2.05, 4.69) is 31.6 Å². The topological polar surface area (TPSA) is 51.9 Å². The summed E-state index contributed by atoms with van der Waals surface area (Å²) >= 11 is 0. The molecular weight excluding hydrogens is 324 g/mol. The lowest BCUT2D eigenvalue weighted by Gasteiger charge is -2.22. The van der Waals surface area contributed by atoms with Gasteiger partial charge in [0.1, 0.15) is 0 Å². The largest absolute Gasteiger partial charge is 0.347 e. The molecule has 0 saturated heterocycles. The molecule has 1 aliphatic rings. The van der Waals surface area contributed by atoms with Crippen LogP contribution in [-0.4, -0.2) is 26.1 Å². The van der Waals surface area contributed by atoms with E-state index in [1.54, 1.807) is 6.20 Å². The second-order valence-corrected chi connectivity index (χ2v) is 7.02. The molecule has 3 aromatic rings. The average Bonchev–Trinajstić information content (AvgIpc) is 3.38. The first-order chi connectivity index (χ1) is 12.7. The molecule has 1 aliphatic carbocycles. The third-order valence-corrected chi connectivity index (χ3v) is 5.39. The van der Waals surface area contributed by atoms with Crippen LogP contribution < -0.4 is 5.32 Å². The zero-order valence-electron chi connectivity index (χ0n) is 15.0. The van der Waals surface area contributed by atoms with Gasteiger partial charge in [-0.2, -0.15) is 0 Å². The van der Waals surface area contributed by atoms with Crippen LogP contribution in [0.2, 0.25) is 0 Å². The molecule has 1 N–H and O–H groups in total. The molecule has 134 valence electrons. The maximum absolute atomic E-state index is 12.9. The van der Waals surface area contributed by atoms with Crippen molar-refractivity contribution in [2.75, 3.05) is 0 Å². The monoisotopic (exact) mass is 348 g/mol. The van der Waals surface area contributed by atoms with Gasteiger partial charge in [-0.05, 0) is 37.8 Å². The minimum atomic E-state index is 0.0197. The fraction of sp³-hybridized carbons (Fsp3) is 0.333. The lowest BCUT2D eigenvalue weighted by atomic mass is 10.1. The van der Waals surface area contributed by atoms with Gasteiger partial charge in [0.25, 0.3) is 5.91 Å². The summed E-state index contributed by atoms with van der Waals surface area (Å²) in [5.74, 6) is 0.0197. The molecule has 2 heterocycles. The van der Waals surface area contributed by atoms with E-state index >= 15 is 0 Å². The molecule has 4 rings (SSSR count). The molecule has 26 heavy (non-hydrogen) atoms. The van der Waals surface area contributed by atoms with Gasteiger partial charge >= 0.3 is 0 Å². The summed E-state index contributed by atoms with van der Waals surface area (Å²) < 4.78 is 4.25. The Labute approximate surface area is 153 Å². The highest BCUT2D eigenvalue weighted by atomic mass is 16.1. The lowest BCUT2D eigenvalue weighted by Crippen LogP contribution is -2.38. The molecule has 5 heteroatoms. The smallest absolute Gasteiger partial charge is 0.253 e. The first kappa shape index (κ1) is 16.6. The predicted octanol–water partition coefficient (Wildman–Crippen LogP) is 3.56. The minimum Gasteiger partial charge on any atom is -0.347 e. The number of hydrogen-bond donors (Lipinski definition) is 1. The number of imidazole rings is 1. The lowest BCUT2D eigenvalue weighted by molar-refractivity contribution is 0.0928. The Balaban J connectivity index is 1.47. The van der Waals surface area contributed by atoms with Gasteiger partial charge in [-0.1, -0.05) is 30.3 Å². The van der Waals surface area contributed by atoms with Crippen molar-refractivity contribution in [2.45, 2.75) is 44.8 Å². The molecule has 0 spiro atoms. The first-order valence-corrected chi connectivity index (χ1v) is 9.20. The summed E-state index contributed by atoms with van der Waals surface area (Å²) in [7, 11) is 0. The maximum Gasteiger partial charge on any atom is 0.253 e. The summed E-state index contributed by atoms with van der Waals surface area (Å²) in [4.78, 5) is 17.0. The standard InChI is InChI=1S/C21H24N4O/c1-16-18(10-12-24(16)14-17-6-3-2-4-7-17)21(26)23-19-8-5-9-20(19)25-13-11-22-15-25/h2-4,6-7,10-13,15,19-20H,5,8-9,14H2,1H3,(H,23,26)/t19-,20+/m1/s1. The van der Waals surface area contributed by atoms with Crippen LogP contribution in [0.4, 0.5) is 0 Å². The fourth-order valence-corrected chi connectivity index (χ4v) is 3.92. The summed E-state index contributed by atoms with van der Waals surface area (Å²) in [6, 6.07) is 12.7. The average molecular weight is 348 g/mol. The summed E-state index contributed by atoms with van der Waals surface area (Å²) in [5, 5.41) is 3.25. The van der Waals surface area contributed by atoms with Crippen molar-refractivity contribution in [3.8, 4) is 0 Å². The summed E-state index contributed by atoms with van der Waals surface area (Å²) in [5.41, 5.74) is 3.00. The summed E-state index contributed by atoms with van der Waals surface area (Å²) in [6.07, 6.45) is 10.8. The normalized spacial score (nSPS) is 19.6. The van der Waals surface area contributed by atoms with Crippen molar-refractivity contribution in [2.24, 2.45) is 0 Å². The van der Waals surface area contributed by atoms with Crippen molar-refractivity contribution in [1.29, 1.82) is 0 Å². The molecule has 2 aromatic heterocycles. The van der Waals surface area contributed by atoms with Crippen LogP contribution in [0.25, 0.3) is 0 Å². The number of rotatable bonds is 5. The molecular formula is C21H24N4O. The van der Waals surface area contributed by atoms with Gasteiger partial charge < -0.3 is 14.5 Å². The number of nitrogens with zero attached hydrogens (tertiary/aromatic N) is 3. The number of benzene rings is 1. The number of hydrogen-bond acceptors (Lipinski definition) is 2. The van der Waals surface area contributed by atoms with E-state index in [1.165, 1.54) is 5.56 Å². The highest BCUT2D eigenvalue weighted by Crippen LogP contribution is 2.30. The van der Waals surface area contributed by atoms with Gasteiger partial charge in [0.05, 0.1) is 17.9 Å². The highest BCUT2D eigenvalue weighted by Gasteiger charge is 2.30. The number of amides is 1. The van der Waals surface area contributed by atoms with Crippen LogP contribution in [-0.2, 0) is 6.54 Å².